The Hall–Kier alpha value is -3.93. The molecule has 4 aromatic carbocycles. The molecule has 0 saturated carbocycles. The fourth-order valence-electron chi connectivity index (χ4n) is 5.09. The Labute approximate surface area is 231 Å². The number of carbonyl (C=O) groups excluding carboxylic acids is 1. The first kappa shape index (κ1) is 26.7. The van der Waals surface area contributed by atoms with Crippen LogP contribution in [0.15, 0.2) is 109 Å². The number of ether oxygens (including phenoxy) is 2. The fraction of sp³-hybridized carbons (Fsp3) is 0.265. The predicted octanol–water partition coefficient (Wildman–Crippen LogP) is 6.06. The van der Waals surface area contributed by atoms with Crippen LogP contribution in [0.1, 0.15) is 46.6 Å². The Bertz CT molecular complexity index is 1320. The van der Waals surface area contributed by atoms with Gasteiger partial charge in [0.15, 0.2) is 0 Å². The zero-order valence-electron chi connectivity index (χ0n) is 22.2. The molecule has 0 spiro atoms. The molecule has 1 saturated heterocycles. The lowest BCUT2D eigenvalue weighted by Crippen LogP contribution is -2.38. The van der Waals surface area contributed by atoms with E-state index in [9.17, 15) is 4.79 Å². The predicted molar refractivity (Wildman–Crippen MR) is 154 cm³/mol. The summed E-state index contributed by atoms with van der Waals surface area (Å²) in [6.45, 7) is 3.72. The molecule has 0 aromatic heterocycles. The number of rotatable bonds is 10. The van der Waals surface area contributed by atoms with Crippen LogP contribution in [0.4, 0.5) is 0 Å². The number of carbonyl (C=O) groups is 1. The molecule has 1 aliphatic rings. The van der Waals surface area contributed by atoms with Gasteiger partial charge in [-0.05, 0) is 52.8 Å². The zero-order chi connectivity index (χ0) is 26.9. The van der Waals surface area contributed by atoms with Gasteiger partial charge in [-0.1, -0.05) is 97.1 Å². The first-order chi connectivity index (χ1) is 19.2. The molecule has 2 N–H and O–H groups in total. The zero-order valence-corrected chi connectivity index (χ0v) is 22.2. The summed E-state index contributed by atoms with van der Waals surface area (Å²) < 4.78 is 12.2. The van der Waals surface area contributed by atoms with Gasteiger partial charge in [0, 0.05) is 26.2 Å². The summed E-state index contributed by atoms with van der Waals surface area (Å²) in [5, 5.41) is 0. The molecular weight excluding hydrogens is 484 g/mol. The highest BCUT2D eigenvalue weighted by Crippen LogP contribution is 2.30. The maximum absolute atomic E-state index is 13.6. The largest absolute Gasteiger partial charge is 0.489 e. The van der Waals surface area contributed by atoms with E-state index in [1.54, 1.807) is 0 Å². The highest BCUT2D eigenvalue weighted by molar-refractivity contribution is 5.82. The topological polar surface area (TPSA) is 64.8 Å². The second-order valence-electron chi connectivity index (χ2n) is 10.1. The first-order valence-electron chi connectivity index (χ1n) is 13.7. The van der Waals surface area contributed by atoms with Crippen LogP contribution in [0.5, 0.6) is 5.75 Å². The molecule has 4 aromatic rings. The number of likely N-dealkylation sites (tertiary alicyclic amines) is 1. The van der Waals surface area contributed by atoms with E-state index in [1.807, 2.05) is 84.9 Å². The number of benzene rings is 4. The van der Waals surface area contributed by atoms with Crippen LogP contribution in [0.25, 0.3) is 0 Å². The molecule has 5 heteroatoms. The summed E-state index contributed by atoms with van der Waals surface area (Å²) in [5.41, 5.74) is 11.0. The lowest BCUT2D eigenvalue weighted by molar-refractivity contribution is -0.152. The fourth-order valence-corrected chi connectivity index (χ4v) is 5.09. The molecule has 1 heterocycles. The molecule has 5 nitrogen and oxygen atoms in total. The van der Waals surface area contributed by atoms with Gasteiger partial charge in [-0.15, -0.1) is 0 Å². The summed E-state index contributed by atoms with van der Waals surface area (Å²) >= 11 is 0. The minimum atomic E-state index is -0.513. The lowest BCUT2D eigenvalue weighted by Gasteiger charge is -2.32. The van der Waals surface area contributed by atoms with Crippen LogP contribution in [0.2, 0.25) is 0 Å². The maximum atomic E-state index is 13.6. The number of hydrogen-bond acceptors (Lipinski definition) is 5. The van der Waals surface area contributed by atoms with Crippen molar-refractivity contribution in [2.24, 2.45) is 5.73 Å². The van der Waals surface area contributed by atoms with Crippen molar-refractivity contribution in [3.63, 3.8) is 0 Å². The van der Waals surface area contributed by atoms with Gasteiger partial charge in [0.25, 0.3) is 0 Å². The summed E-state index contributed by atoms with van der Waals surface area (Å²) in [6, 6.07) is 36.3. The molecule has 0 amide bonds. The molecule has 39 heavy (non-hydrogen) atoms. The first-order valence-corrected chi connectivity index (χ1v) is 13.7. The van der Waals surface area contributed by atoms with E-state index in [1.165, 1.54) is 5.56 Å². The van der Waals surface area contributed by atoms with Gasteiger partial charge in [0.2, 0.25) is 0 Å². The lowest BCUT2D eigenvalue weighted by atomic mass is 9.91. The van der Waals surface area contributed by atoms with Crippen molar-refractivity contribution in [1.29, 1.82) is 0 Å². The van der Waals surface area contributed by atoms with Crippen molar-refractivity contribution in [1.82, 2.24) is 4.90 Å². The van der Waals surface area contributed by atoms with Crippen molar-refractivity contribution in [2.45, 2.75) is 44.6 Å². The molecule has 1 unspecified atom stereocenters. The molecule has 0 bridgehead atoms. The van der Waals surface area contributed by atoms with E-state index >= 15 is 0 Å². The highest BCUT2D eigenvalue weighted by atomic mass is 16.5. The Balaban J connectivity index is 1.24. The third-order valence-electron chi connectivity index (χ3n) is 7.29. The summed E-state index contributed by atoms with van der Waals surface area (Å²) in [4.78, 5) is 16.1. The standard InChI is InChI=1S/C34H36N2O3/c35-23-26-14-16-28(17-15-26)25-38-32-13-7-12-30(22-32)33(29-10-5-2-6-11-29)34(37)39-31-18-20-36(21-19-31)24-27-8-3-1-4-9-27/h1-17,22,31,33H,18-21,23-25,35H2. The number of esters is 1. The van der Waals surface area contributed by atoms with Gasteiger partial charge in [0.1, 0.15) is 24.4 Å². The maximum Gasteiger partial charge on any atom is 0.318 e. The number of nitrogens with two attached hydrogens (primary N) is 1. The number of piperidine rings is 1. The average Bonchev–Trinajstić information content (AvgIpc) is 2.99. The molecule has 1 atom stereocenters. The number of hydrogen-bond donors (Lipinski definition) is 1. The van der Waals surface area contributed by atoms with E-state index in [2.05, 4.69) is 29.2 Å². The van der Waals surface area contributed by atoms with E-state index in [-0.39, 0.29) is 12.1 Å². The van der Waals surface area contributed by atoms with E-state index in [4.69, 9.17) is 15.2 Å². The van der Waals surface area contributed by atoms with Crippen molar-refractivity contribution < 1.29 is 14.3 Å². The van der Waals surface area contributed by atoms with Crippen LogP contribution in [0, 0.1) is 0 Å². The summed E-state index contributed by atoms with van der Waals surface area (Å²) in [6.07, 6.45) is 1.60. The third kappa shape index (κ3) is 7.34. The number of nitrogens with zero attached hydrogens (tertiary/aromatic N) is 1. The molecule has 5 rings (SSSR count). The Morgan fingerprint density at radius 1 is 0.769 bits per heavy atom. The van der Waals surface area contributed by atoms with Crippen LogP contribution < -0.4 is 10.5 Å². The van der Waals surface area contributed by atoms with Gasteiger partial charge in [-0.2, -0.15) is 0 Å². The minimum Gasteiger partial charge on any atom is -0.489 e. The second-order valence-corrected chi connectivity index (χ2v) is 10.1. The molecule has 0 aliphatic carbocycles. The monoisotopic (exact) mass is 520 g/mol. The van der Waals surface area contributed by atoms with Gasteiger partial charge < -0.3 is 15.2 Å². The molecule has 0 radical (unpaired) electrons. The van der Waals surface area contributed by atoms with Crippen molar-refractivity contribution >= 4 is 5.97 Å². The molecule has 200 valence electrons. The van der Waals surface area contributed by atoms with Gasteiger partial charge >= 0.3 is 5.97 Å². The van der Waals surface area contributed by atoms with Crippen LogP contribution in [-0.4, -0.2) is 30.1 Å². The normalized spacial score (nSPS) is 15.0. The van der Waals surface area contributed by atoms with Gasteiger partial charge in [-0.25, -0.2) is 0 Å². The second kappa shape index (κ2) is 13.2. The SMILES string of the molecule is NCc1ccc(COc2cccc(C(C(=O)OC3CCN(Cc4ccccc4)CC3)c3ccccc3)c2)cc1. The van der Waals surface area contributed by atoms with Gasteiger partial charge in [0.05, 0.1) is 0 Å². The van der Waals surface area contributed by atoms with Gasteiger partial charge in [-0.3, -0.25) is 9.69 Å². The van der Waals surface area contributed by atoms with Crippen LogP contribution in [-0.2, 0) is 29.2 Å². The van der Waals surface area contributed by atoms with Crippen molar-refractivity contribution in [3.8, 4) is 5.75 Å². The smallest absolute Gasteiger partial charge is 0.318 e. The van der Waals surface area contributed by atoms with E-state index in [0.29, 0.717) is 13.2 Å². The van der Waals surface area contributed by atoms with Crippen LogP contribution >= 0.6 is 0 Å². The van der Waals surface area contributed by atoms with Crippen LogP contribution in [0.3, 0.4) is 0 Å². The average molecular weight is 521 g/mol. The molecule has 1 fully saturated rings. The molecular formula is C34H36N2O3. The minimum absolute atomic E-state index is 0.0772. The van der Waals surface area contributed by atoms with Crippen molar-refractivity contribution in [2.75, 3.05) is 13.1 Å². The van der Waals surface area contributed by atoms with Crippen molar-refractivity contribution in [3.05, 3.63) is 137 Å². The summed E-state index contributed by atoms with van der Waals surface area (Å²) in [5.74, 6) is -0.00322. The highest BCUT2D eigenvalue weighted by Gasteiger charge is 2.29. The van der Waals surface area contributed by atoms with E-state index in [0.717, 1.165) is 60.5 Å². The Morgan fingerprint density at radius 2 is 1.41 bits per heavy atom. The molecule has 1 aliphatic heterocycles. The quantitative estimate of drug-likeness (QED) is 0.257. The summed E-state index contributed by atoms with van der Waals surface area (Å²) in [7, 11) is 0. The Kier molecular flexibility index (Phi) is 9.05. The third-order valence-corrected chi connectivity index (χ3v) is 7.29. The van der Waals surface area contributed by atoms with E-state index < -0.39 is 5.92 Å². The Morgan fingerprint density at radius 3 is 2.10 bits per heavy atom.